The number of hydrogen-bond donors (Lipinski definition) is 1. The Labute approximate surface area is 147 Å². The fourth-order valence-corrected chi connectivity index (χ4v) is 2.31. The highest BCUT2D eigenvalue weighted by Gasteiger charge is 2.11. The number of imidazole rings is 1. The molecule has 3 aromatic rings. The summed E-state index contributed by atoms with van der Waals surface area (Å²) in [5, 5.41) is 14.1. The predicted molar refractivity (Wildman–Crippen MR) is 91.5 cm³/mol. The number of amides is 1. The van der Waals surface area contributed by atoms with Crippen molar-refractivity contribution >= 4 is 34.2 Å². The molecule has 0 saturated carbocycles. The van der Waals surface area contributed by atoms with E-state index in [2.05, 4.69) is 10.3 Å². The molecule has 0 saturated heterocycles. The second-order valence-electron chi connectivity index (χ2n) is 5.15. The van der Waals surface area contributed by atoms with Gasteiger partial charge < -0.3 is 14.6 Å². The van der Waals surface area contributed by atoms with E-state index >= 15 is 0 Å². The maximum Gasteiger partial charge on any atom is 0.271 e. The Morgan fingerprint density at radius 2 is 2.04 bits per heavy atom. The first kappa shape index (κ1) is 16.7. The molecule has 0 atom stereocenters. The van der Waals surface area contributed by atoms with Gasteiger partial charge in [-0.05, 0) is 30.3 Å². The topological polar surface area (TPSA) is 99.3 Å². The van der Waals surface area contributed by atoms with E-state index < -0.39 is 4.92 Å². The zero-order valence-electron chi connectivity index (χ0n) is 12.9. The van der Waals surface area contributed by atoms with Crippen molar-refractivity contribution in [1.82, 2.24) is 14.9 Å². The molecule has 8 nitrogen and oxygen atoms in total. The summed E-state index contributed by atoms with van der Waals surface area (Å²) >= 11 is 5.77. The molecule has 0 aliphatic rings. The summed E-state index contributed by atoms with van der Waals surface area (Å²) in [6, 6.07) is 11.0. The molecular formula is C16H13ClN4O4. The van der Waals surface area contributed by atoms with Crippen LogP contribution in [0.15, 0.2) is 48.8 Å². The number of fused-ring (bicyclic) bond motifs is 1. The van der Waals surface area contributed by atoms with Crippen molar-refractivity contribution in [3.05, 3.63) is 63.9 Å². The van der Waals surface area contributed by atoms with Crippen LogP contribution in [0.3, 0.4) is 0 Å². The van der Waals surface area contributed by atoms with Crippen LogP contribution in [0.4, 0.5) is 5.69 Å². The highest BCUT2D eigenvalue weighted by Crippen LogP contribution is 2.19. The number of nitrogens with one attached hydrogen (secondary N) is 1. The molecule has 3 rings (SSSR count). The summed E-state index contributed by atoms with van der Waals surface area (Å²) in [5.74, 6) is 0.200. The maximum atomic E-state index is 11.9. The van der Waals surface area contributed by atoms with Gasteiger partial charge in [-0.2, -0.15) is 0 Å². The van der Waals surface area contributed by atoms with Crippen LogP contribution in [0.1, 0.15) is 0 Å². The summed E-state index contributed by atoms with van der Waals surface area (Å²) in [7, 11) is 0. The van der Waals surface area contributed by atoms with Crippen LogP contribution < -0.4 is 10.1 Å². The van der Waals surface area contributed by atoms with Crippen molar-refractivity contribution in [2.24, 2.45) is 0 Å². The predicted octanol–water partition coefficient (Wildman–Crippen LogP) is 2.75. The van der Waals surface area contributed by atoms with Crippen molar-refractivity contribution in [2.75, 3.05) is 6.61 Å². The van der Waals surface area contributed by atoms with E-state index in [0.717, 1.165) is 0 Å². The molecule has 0 spiro atoms. The quantitative estimate of drug-likeness (QED) is 0.538. The molecule has 1 heterocycles. The van der Waals surface area contributed by atoms with E-state index in [4.69, 9.17) is 16.3 Å². The van der Waals surface area contributed by atoms with Crippen molar-refractivity contribution in [3.63, 3.8) is 0 Å². The molecule has 9 heteroatoms. The smallest absolute Gasteiger partial charge is 0.271 e. The molecule has 1 N–H and O–H groups in total. The van der Waals surface area contributed by atoms with Crippen LogP contribution in [-0.2, 0) is 11.5 Å². The van der Waals surface area contributed by atoms with Crippen molar-refractivity contribution in [1.29, 1.82) is 0 Å². The Hall–Kier alpha value is -3.13. The van der Waals surface area contributed by atoms with Crippen molar-refractivity contribution < 1.29 is 14.5 Å². The zero-order chi connectivity index (χ0) is 17.8. The minimum absolute atomic E-state index is 0.0355. The number of nitro benzene ring substituents is 1. The first-order valence-corrected chi connectivity index (χ1v) is 7.65. The number of halogens is 1. The molecule has 0 radical (unpaired) electrons. The van der Waals surface area contributed by atoms with Crippen molar-refractivity contribution in [2.45, 2.75) is 6.67 Å². The molecule has 0 aliphatic heterocycles. The van der Waals surface area contributed by atoms with Crippen LogP contribution in [0.25, 0.3) is 11.0 Å². The number of nitrogens with zero attached hydrogens (tertiary/aromatic N) is 3. The number of nitro groups is 1. The lowest BCUT2D eigenvalue weighted by atomic mass is 10.3. The zero-order valence-corrected chi connectivity index (χ0v) is 13.6. The second kappa shape index (κ2) is 7.18. The number of rotatable bonds is 6. The number of hydrogen-bond acceptors (Lipinski definition) is 5. The Bertz CT molecular complexity index is 924. The van der Waals surface area contributed by atoms with E-state index in [0.29, 0.717) is 21.8 Å². The van der Waals surface area contributed by atoms with Gasteiger partial charge in [-0.3, -0.25) is 14.9 Å². The van der Waals surface area contributed by atoms with Crippen LogP contribution >= 0.6 is 11.6 Å². The maximum absolute atomic E-state index is 11.9. The van der Waals surface area contributed by atoms with E-state index in [1.807, 2.05) is 0 Å². The number of carbonyl (C=O) groups excluding carboxylic acids is 1. The number of non-ortho nitro benzene ring substituents is 1. The molecule has 0 fully saturated rings. The lowest BCUT2D eigenvalue weighted by Crippen LogP contribution is -2.30. The first-order valence-electron chi connectivity index (χ1n) is 7.27. The molecule has 0 unspecified atom stereocenters. The van der Waals surface area contributed by atoms with Gasteiger partial charge in [-0.25, -0.2) is 4.98 Å². The highest BCUT2D eigenvalue weighted by atomic mass is 35.5. The van der Waals surface area contributed by atoms with Crippen LogP contribution in [0, 0.1) is 10.1 Å². The minimum Gasteiger partial charge on any atom is -0.484 e. The van der Waals surface area contributed by atoms with E-state index in [1.165, 1.54) is 18.5 Å². The van der Waals surface area contributed by atoms with Gasteiger partial charge in [0.2, 0.25) is 0 Å². The molecule has 25 heavy (non-hydrogen) atoms. The third kappa shape index (κ3) is 4.04. The fourth-order valence-electron chi connectivity index (χ4n) is 2.19. The van der Waals surface area contributed by atoms with Gasteiger partial charge in [0.15, 0.2) is 6.61 Å². The van der Waals surface area contributed by atoms with E-state index in [1.54, 1.807) is 34.9 Å². The summed E-state index contributed by atoms with van der Waals surface area (Å²) in [6.45, 7) is -0.0328. The van der Waals surface area contributed by atoms with Gasteiger partial charge in [-0.15, -0.1) is 0 Å². The van der Waals surface area contributed by atoms with Crippen LogP contribution in [0.5, 0.6) is 5.75 Å². The van der Waals surface area contributed by atoms with Crippen LogP contribution in [0.2, 0.25) is 5.02 Å². The lowest BCUT2D eigenvalue weighted by molar-refractivity contribution is -0.384. The van der Waals surface area contributed by atoms with E-state index in [-0.39, 0.29) is 24.9 Å². The average molecular weight is 361 g/mol. The number of carbonyl (C=O) groups is 1. The Balaban J connectivity index is 1.60. The van der Waals surface area contributed by atoms with E-state index in [9.17, 15) is 14.9 Å². The molecular weight excluding hydrogens is 348 g/mol. The van der Waals surface area contributed by atoms with Gasteiger partial charge in [0, 0.05) is 17.2 Å². The first-order chi connectivity index (χ1) is 12.0. The summed E-state index contributed by atoms with van der Waals surface area (Å²) in [5.41, 5.74) is 1.14. The molecule has 0 bridgehead atoms. The summed E-state index contributed by atoms with van der Waals surface area (Å²) < 4.78 is 6.96. The van der Waals surface area contributed by atoms with Gasteiger partial charge >= 0.3 is 0 Å². The minimum atomic E-state index is -0.477. The average Bonchev–Trinajstić information content (AvgIpc) is 3.01. The molecule has 2 aromatic carbocycles. The van der Waals surface area contributed by atoms with Crippen molar-refractivity contribution in [3.8, 4) is 5.75 Å². The second-order valence-corrected chi connectivity index (χ2v) is 5.58. The standard InChI is InChI=1S/C16H13ClN4O4/c17-11-1-4-13(5-2-11)25-8-16(22)19-10-20-9-18-14-6-3-12(21(23)24)7-15(14)20/h1-7,9H,8,10H2,(H,19,22). The summed E-state index contributed by atoms with van der Waals surface area (Å²) in [4.78, 5) is 26.4. The molecule has 0 aliphatic carbocycles. The molecule has 1 aromatic heterocycles. The molecule has 1 amide bonds. The van der Waals surface area contributed by atoms with Gasteiger partial charge in [0.05, 0.1) is 29.0 Å². The van der Waals surface area contributed by atoms with Gasteiger partial charge in [0.25, 0.3) is 11.6 Å². The SMILES string of the molecule is O=C(COc1ccc(Cl)cc1)NCn1cnc2ccc([N+](=O)[O-])cc21. The van der Waals surface area contributed by atoms with Crippen LogP contribution in [-0.4, -0.2) is 27.0 Å². The largest absolute Gasteiger partial charge is 0.484 e. The fraction of sp³-hybridized carbons (Fsp3) is 0.125. The highest BCUT2D eigenvalue weighted by molar-refractivity contribution is 6.30. The number of aromatic nitrogens is 2. The van der Waals surface area contributed by atoms with Gasteiger partial charge in [-0.1, -0.05) is 11.6 Å². The number of ether oxygens (including phenoxy) is 1. The summed E-state index contributed by atoms with van der Waals surface area (Å²) in [6.07, 6.45) is 1.51. The van der Waals surface area contributed by atoms with Gasteiger partial charge in [0.1, 0.15) is 5.75 Å². The lowest BCUT2D eigenvalue weighted by Gasteiger charge is -2.09. The number of benzene rings is 2. The monoisotopic (exact) mass is 360 g/mol. The Kier molecular flexibility index (Phi) is 4.80. The Morgan fingerprint density at radius 1 is 1.28 bits per heavy atom. The normalized spacial score (nSPS) is 10.6. The Morgan fingerprint density at radius 3 is 2.76 bits per heavy atom. The third-order valence-electron chi connectivity index (χ3n) is 3.45. The third-order valence-corrected chi connectivity index (χ3v) is 3.70. The molecule has 128 valence electrons.